The SMILES string of the molecule is O=C1CC(=O)[C@H]2CCCC[C@@H]2C1. The van der Waals surface area contributed by atoms with Gasteiger partial charge in [0.05, 0.1) is 6.42 Å². The van der Waals surface area contributed by atoms with E-state index in [-0.39, 0.29) is 23.9 Å². The summed E-state index contributed by atoms with van der Waals surface area (Å²) in [6.45, 7) is 0. The van der Waals surface area contributed by atoms with Gasteiger partial charge in [-0.25, -0.2) is 0 Å². The highest BCUT2D eigenvalue weighted by atomic mass is 16.1. The average molecular weight is 166 g/mol. The summed E-state index contributed by atoms with van der Waals surface area (Å²) in [5, 5.41) is 0. The standard InChI is InChI=1S/C10H14O2/c11-8-5-7-3-1-2-4-9(7)10(12)6-8/h7,9H,1-6H2/t7-,9+/m1/s1. The van der Waals surface area contributed by atoms with E-state index in [1.165, 1.54) is 12.8 Å². The van der Waals surface area contributed by atoms with Crippen LogP contribution in [0.25, 0.3) is 0 Å². The molecule has 0 radical (unpaired) electrons. The Bertz CT molecular complexity index is 220. The molecular formula is C10H14O2. The Balaban J connectivity index is 2.11. The minimum atomic E-state index is 0.170. The zero-order valence-electron chi connectivity index (χ0n) is 7.21. The van der Waals surface area contributed by atoms with Crippen molar-refractivity contribution in [2.24, 2.45) is 11.8 Å². The third kappa shape index (κ3) is 1.30. The molecule has 0 aromatic rings. The van der Waals surface area contributed by atoms with Gasteiger partial charge in [0.1, 0.15) is 11.6 Å². The van der Waals surface area contributed by atoms with Crippen LogP contribution in [-0.2, 0) is 9.59 Å². The van der Waals surface area contributed by atoms with Gasteiger partial charge in [0.15, 0.2) is 0 Å². The lowest BCUT2D eigenvalue weighted by atomic mass is 9.70. The van der Waals surface area contributed by atoms with E-state index in [0.717, 1.165) is 12.8 Å². The summed E-state index contributed by atoms with van der Waals surface area (Å²) in [4.78, 5) is 22.5. The number of rotatable bonds is 0. The topological polar surface area (TPSA) is 34.1 Å². The molecule has 0 aliphatic heterocycles. The number of hydrogen-bond donors (Lipinski definition) is 0. The predicted molar refractivity (Wildman–Crippen MR) is 44.7 cm³/mol. The molecule has 2 heteroatoms. The molecule has 0 heterocycles. The van der Waals surface area contributed by atoms with Gasteiger partial charge in [0.25, 0.3) is 0 Å². The molecule has 0 aromatic carbocycles. The van der Waals surface area contributed by atoms with Crippen LogP contribution in [0, 0.1) is 11.8 Å². The molecule has 2 aliphatic carbocycles. The van der Waals surface area contributed by atoms with Crippen molar-refractivity contribution in [3.8, 4) is 0 Å². The van der Waals surface area contributed by atoms with E-state index in [1.54, 1.807) is 0 Å². The average Bonchev–Trinajstić information content (AvgIpc) is 2.04. The molecular weight excluding hydrogens is 152 g/mol. The van der Waals surface area contributed by atoms with Crippen molar-refractivity contribution in [1.29, 1.82) is 0 Å². The van der Waals surface area contributed by atoms with E-state index in [4.69, 9.17) is 0 Å². The Morgan fingerprint density at radius 1 is 1.08 bits per heavy atom. The van der Waals surface area contributed by atoms with Crippen molar-refractivity contribution in [3.05, 3.63) is 0 Å². The third-order valence-electron chi connectivity index (χ3n) is 3.18. The maximum atomic E-state index is 11.4. The predicted octanol–water partition coefficient (Wildman–Crippen LogP) is 1.72. The fraction of sp³-hybridized carbons (Fsp3) is 0.800. The maximum absolute atomic E-state index is 11.4. The summed E-state index contributed by atoms with van der Waals surface area (Å²) in [7, 11) is 0. The monoisotopic (exact) mass is 166 g/mol. The quantitative estimate of drug-likeness (QED) is 0.513. The second kappa shape index (κ2) is 3.00. The van der Waals surface area contributed by atoms with Gasteiger partial charge in [-0.3, -0.25) is 9.59 Å². The van der Waals surface area contributed by atoms with Gasteiger partial charge in [0.2, 0.25) is 0 Å². The first-order valence-electron chi connectivity index (χ1n) is 4.82. The molecule has 2 atom stereocenters. The number of fused-ring (bicyclic) bond motifs is 1. The molecule has 2 rings (SSSR count). The van der Waals surface area contributed by atoms with E-state index < -0.39 is 0 Å². The Hall–Kier alpha value is -0.660. The highest BCUT2D eigenvalue weighted by Crippen LogP contribution is 2.37. The first kappa shape index (κ1) is 7.96. The second-order valence-corrected chi connectivity index (χ2v) is 4.04. The van der Waals surface area contributed by atoms with Gasteiger partial charge in [-0.2, -0.15) is 0 Å². The Kier molecular flexibility index (Phi) is 1.99. The zero-order chi connectivity index (χ0) is 8.55. The fourth-order valence-corrected chi connectivity index (χ4v) is 2.57. The molecule has 0 unspecified atom stereocenters. The van der Waals surface area contributed by atoms with Crippen LogP contribution >= 0.6 is 0 Å². The molecule has 0 N–H and O–H groups in total. The lowest BCUT2D eigenvalue weighted by Crippen LogP contribution is -2.35. The van der Waals surface area contributed by atoms with Crippen molar-refractivity contribution in [2.45, 2.75) is 38.5 Å². The van der Waals surface area contributed by atoms with Gasteiger partial charge in [0, 0.05) is 12.3 Å². The highest BCUT2D eigenvalue weighted by molar-refractivity contribution is 6.02. The van der Waals surface area contributed by atoms with E-state index in [1.807, 2.05) is 0 Å². The van der Waals surface area contributed by atoms with Crippen LogP contribution in [0.1, 0.15) is 38.5 Å². The maximum Gasteiger partial charge on any atom is 0.143 e. The number of ketones is 2. The van der Waals surface area contributed by atoms with Crippen LogP contribution in [0.4, 0.5) is 0 Å². The Morgan fingerprint density at radius 2 is 1.83 bits per heavy atom. The van der Waals surface area contributed by atoms with E-state index >= 15 is 0 Å². The molecule has 0 aromatic heterocycles. The summed E-state index contributed by atoms with van der Waals surface area (Å²) in [6.07, 6.45) is 5.43. The van der Waals surface area contributed by atoms with Crippen LogP contribution in [0.2, 0.25) is 0 Å². The molecule has 2 saturated carbocycles. The lowest BCUT2D eigenvalue weighted by molar-refractivity contribution is -0.136. The summed E-state index contributed by atoms with van der Waals surface area (Å²) in [6, 6.07) is 0. The lowest BCUT2D eigenvalue weighted by Gasteiger charge is -2.33. The van der Waals surface area contributed by atoms with Gasteiger partial charge in [-0.1, -0.05) is 12.8 Å². The van der Waals surface area contributed by atoms with E-state index in [9.17, 15) is 9.59 Å². The Morgan fingerprint density at radius 3 is 2.67 bits per heavy atom. The normalized spacial score (nSPS) is 36.3. The molecule has 2 nitrogen and oxygen atoms in total. The van der Waals surface area contributed by atoms with Crippen LogP contribution < -0.4 is 0 Å². The third-order valence-corrected chi connectivity index (χ3v) is 3.18. The van der Waals surface area contributed by atoms with Gasteiger partial charge in [-0.05, 0) is 18.8 Å². The van der Waals surface area contributed by atoms with Crippen molar-refractivity contribution < 1.29 is 9.59 Å². The summed E-state index contributed by atoms with van der Waals surface area (Å²) >= 11 is 0. The summed E-state index contributed by atoms with van der Waals surface area (Å²) < 4.78 is 0. The molecule has 2 fully saturated rings. The van der Waals surface area contributed by atoms with Crippen LogP contribution in [-0.4, -0.2) is 11.6 Å². The van der Waals surface area contributed by atoms with E-state index in [2.05, 4.69) is 0 Å². The van der Waals surface area contributed by atoms with Crippen LogP contribution in [0.15, 0.2) is 0 Å². The molecule has 0 saturated heterocycles. The number of Topliss-reactive ketones (excluding diaryl/α,β-unsaturated/α-hetero) is 2. The summed E-state index contributed by atoms with van der Waals surface area (Å²) in [5.74, 6) is 1.04. The first-order chi connectivity index (χ1) is 5.77. The number of hydrogen-bond acceptors (Lipinski definition) is 2. The van der Waals surface area contributed by atoms with Gasteiger partial charge in [-0.15, -0.1) is 0 Å². The molecule has 2 aliphatic rings. The van der Waals surface area contributed by atoms with Crippen molar-refractivity contribution in [1.82, 2.24) is 0 Å². The zero-order valence-corrected chi connectivity index (χ0v) is 7.21. The van der Waals surface area contributed by atoms with E-state index in [0.29, 0.717) is 12.3 Å². The van der Waals surface area contributed by atoms with Crippen LogP contribution in [0.5, 0.6) is 0 Å². The molecule has 0 bridgehead atoms. The fourth-order valence-electron chi connectivity index (χ4n) is 2.57. The highest BCUT2D eigenvalue weighted by Gasteiger charge is 2.36. The summed E-state index contributed by atoms with van der Waals surface area (Å²) in [5.41, 5.74) is 0. The molecule has 0 amide bonds. The van der Waals surface area contributed by atoms with Crippen molar-refractivity contribution in [3.63, 3.8) is 0 Å². The second-order valence-electron chi connectivity index (χ2n) is 4.04. The molecule has 66 valence electrons. The van der Waals surface area contributed by atoms with Crippen LogP contribution in [0.3, 0.4) is 0 Å². The minimum absolute atomic E-state index is 0.170. The van der Waals surface area contributed by atoms with Gasteiger partial charge < -0.3 is 0 Å². The molecule has 12 heavy (non-hydrogen) atoms. The number of carbonyl (C=O) groups is 2. The Labute approximate surface area is 72.3 Å². The first-order valence-corrected chi connectivity index (χ1v) is 4.82. The van der Waals surface area contributed by atoms with Crippen molar-refractivity contribution in [2.75, 3.05) is 0 Å². The van der Waals surface area contributed by atoms with Crippen molar-refractivity contribution >= 4 is 11.6 Å². The minimum Gasteiger partial charge on any atom is -0.299 e. The number of carbonyl (C=O) groups excluding carboxylic acids is 2. The largest absolute Gasteiger partial charge is 0.299 e. The van der Waals surface area contributed by atoms with Gasteiger partial charge >= 0.3 is 0 Å². The smallest absolute Gasteiger partial charge is 0.143 e. The molecule has 0 spiro atoms.